The maximum atomic E-state index is 12.0. The smallest absolute Gasteiger partial charge is 0.245 e. The summed E-state index contributed by atoms with van der Waals surface area (Å²) in [6.45, 7) is 17.4. The van der Waals surface area contributed by atoms with Gasteiger partial charge >= 0.3 is 0 Å². The van der Waals surface area contributed by atoms with Crippen LogP contribution in [0.2, 0.25) is 0 Å². The number of hydrogen-bond acceptors (Lipinski definition) is 1. The average Bonchev–Trinajstić information content (AvgIpc) is 3.15. The molecule has 9 atom stereocenters. The summed E-state index contributed by atoms with van der Waals surface area (Å²) in [7, 11) is 1.96. The molecule has 0 heterocycles. The first-order valence-corrected chi connectivity index (χ1v) is 15.0. The van der Waals surface area contributed by atoms with Gasteiger partial charge in [-0.25, -0.2) is 0 Å². The molecule has 194 valence electrons. The topological polar surface area (TPSA) is 20.3 Å². The molecule has 2 heteroatoms. The lowest BCUT2D eigenvalue weighted by molar-refractivity contribution is -0.130. The van der Waals surface area contributed by atoms with E-state index in [1.165, 1.54) is 83.1 Å². The van der Waals surface area contributed by atoms with E-state index in [4.69, 9.17) is 0 Å². The number of fused-ring (bicyclic) bond motifs is 5. The molecule has 4 fully saturated rings. The van der Waals surface area contributed by atoms with Gasteiger partial charge in [0.1, 0.15) is 0 Å². The molecule has 1 unspecified atom stereocenters. The van der Waals surface area contributed by atoms with Crippen molar-refractivity contribution in [3.8, 4) is 0 Å². The molecule has 0 aromatic carbocycles. The minimum atomic E-state index is 0.0813. The number of rotatable bonds is 8. The van der Waals surface area contributed by atoms with Crippen molar-refractivity contribution in [2.24, 2.45) is 58.2 Å². The third-order valence-corrected chi connectivity index (χ3v) is 12.1. The third-order valence-electron chi connectivity index (χ3n) is 12.1. The average molecular weight is 470 g/mol. The Bertz CT molecular complexity index is 729. The van der Waals surface area contributed by atoms with Gasteiger partial charge in [-0.2, -0.15) is 0 Å². The van der Waals surface area contributed by atoms with Crippen LogP contribution in [0.4, 0.5) is 0 Å². The van der Waals surface area contributed by atoms with Crippen molar-refractivity contribution >= 4 is 5.91 Å². The van der Waals surface area contributed by atoms with Crippen LogP contribution in [0.25, 0.3) is 0 Å². The molecule has 4 saturated carbocycles. The molecule has 4 aliphatic carbocycles. The van der Waals surface area contributed by atoms with E-state index in [1.807, 2.05) is 11.9 Å². The molecule has 34 heavy (non-hydrogen) atoms. The summed E-state index contributed by atoms with van der Waals surface area (Å²) in [4.78, 5) is 13.9. The molecule has 0 aliphatic heterocycles. The highest BCUT2D eigenvalue weighted by Gasteiger charge is 2.60. The molecule has 0 saturated heterocycles. The van der Waals surface area contributed by atoms with Crippen LogP contribution in [0, 0.1) is 58.2 Å². The summed E-state index contributed by atoms with van der Waals surface area (Å²) in [5.41, 5.74) is 1.15. The highest BCUT2D eigenvalue weighted by atomic mass is 16.2. The van der Waals surface area contributed by atoms with Crippen molar-refractivity contribution in [3.05, 3.63) is 12.7 Å². The minimum Gasteiger partial charge on any atom is -0.342 e. The zero-order valence-electron chi connectivity index (χ0n) is 23.5. The Kier molecular flexibility index (Phi) is 7.96. The van der Waals surface area contributed by atoms with Crippen LogP contribution in [-0.4, -0.2) is 24.4 Å². The second kappa shape index (κ2) is 10.3. The highest BCUT2D eigenvalue weighted by molar-refractivity contribution is 5.86. The highest BCUT2D eigenvalue weighted by Crippen LogP contribution is 2.68. The molecule has 0 aromatic rings. The largest absolute Gasteiger partial charge is 0.342 e. The summed E-state index contributed by atoms with van der Waals surface area (Å²) < 4.78 is 0. The Hall–Kier alpha value is -0.790. The van der Waals surface area contributed by atoms with Crippen molar-refractivity contribution in [1.29, 1.82) is 0 Å². The fraction of sp³-hybridized carbons (Fsp3) is 0.906. The van der Waals surface area contributed by atoms with Crippen LogP contribution >= 0.6 is 0 Å². The normalized spacial score (nSPS) is 42.4. The summed E-state index contributed by atoms with van der Waals surface area (Å²) in [5.74, 6) is 7.27. The summed E-state index contributed by atoms with van der Waals surface area (Å²) in [5, 5.41) is 0. The number of hydrogen-bond donors (Lipinski definition) is 0. The van der Waals surface area contributed by atoms with Gasteiger partial charge in [0.15, 0.2) is 0 Å². The lowest BCUT2D eigenvalue weighted by atomic mass is 9.44. The summed E-state index contributed by atoms with van der Waals surface area (Å²) >= 11 is 0. The van der Waals surface area contributed by atoms with Gasteiger partial charge in [0.2, 0.25) is 5.91 Å². The van der Waals surface area contributed by atoms with Gasteiger partial charge in [-0.1, -0.05) is 60.5 Å². The fourth-order valence-electron chi connectivity index (χ4n) is 10.2. The van der Waals surface area contributed by atoms with E-state index in [9.17, 15) is 4.79 Å². The van der Waals surface area contributed by atoms with Crippen molar-refractivity contribution in [3.63, 3.8) is 0 Å². The molecule has 0 bridgehead atoms. The Morgan fingerprint density at radius 2 is 1.68 bits per heavy atom. The van der Waals surface area contributed by atoms with Crippen molar-refractivity contribution in [2.75, 3.05) is 13.6 Å². The Morgan fingerprint density at radius 1 is 0.971 bits per heavy atom. The zero-order chi connectivity index (χ0) is 24.7. The molecule has 0 N–H and O–H groups in total. The van der Waals surface area contributed by atoms with Crippen LogP contribution in [0.1, 0.15) is 112 Å². The molecular formula is C32H55NO. The van der Waals surface area contributed by atoms with Crippen LogP contribution < -0.4 is 0 Å². The van der Waals surface area contributed by atoms with E-state index in [0.717, 1.165) is 48.0 Å². The molecule has 0 spiro atoms. The van der Waals surface area contributed by atoms with Gasteiger partial charge in [0, 0.05) is 13.6 Å². The van der Waals surface area contributed by atoms with Gasteiger partial charge in [0.05, 0.1) is 0 Å². The minimum absolute atomic E-state index is 0.0813. The number of carbonyl (C=O) groups is 1. The molecule has 4 rings (SSSR count). The van der Waals surface area contributed by atoms with E-state index >= 15 is 0 Å². The standard InChI is InChI=1S/C32H55NO/c1-8-30(34)33(7)21-24-16-18-31(5)25(20-24)12-13-26-28-15-14-27(23(4)11-9-10-22(2)3)32(28,6)19-17-29(26)31/h8,22-29H,1,9-21H2,2-7H3/t23-,24+,25+,26+,27?,28+,29+,31+,32-/m1/s1. The van der Waals surface area contributed by atoms with Gasteiger partial charge < -0.3 is 4.90 Å². The maximum Gasteiger partial charge on any atom is 0.245 e. The van der Waals surface area contributed by atoms with E-state index in [0.29, 0.717) is 16.7 Å². The Balaban J connectivity index is 1.40. The van der Waals surface area contributed by atoms with E-state index < -0.39 is 0 Å². The predicted molar refractivity (Wildman–Crippen MR) is 144 cm³/mol. The summed E-state index contributed by atoms with van der Waals surface area (Å²) in [6, 6.07) is 0. The van der Waals surface area contributed by atoms with Crippen LogP contribution in [-0.2, 0) is 4.79 Å². The molecule has 4 aliphatic rings. The van der Waals surface area contributed by atoms with Gasteiger partial charge in [-0.15, -0.1) is 0 Å². The van der Waals surface area contributed by atoms with E-state index in [-0.39, 0.29) is 5.91 Å². The van der Waals surface area contributed by atoms with Crippen molar-refractivity contribution < 1.29 is 4.79 Å². The Morgan fingerprint density at radius 3 is 2.38 bits per heavy atom. The zero-order valence-corrected chi connectivity index (χ0v) is 23.5. The molecule has 0 radical (unpaired) electrons. The predicted octanol–water partition coefficient (Wildman–Crippen LogP) is 8.37. The summed E-state index contributed by atoms with van der Waals surface area (Å²) in [6.07, 6.45) is 18.7. The van der Waals surface area contributed by atoms with E-state index in [2.05, 4.69) is 41.2 Å². The van der Waals surface area contributed by atoms with Crippen LogP contribution in [0.5, 0.6) is 0 Å². The van der Waals surface area contributed by atoms with Crippen molar-refractivity contribution in [2.45, 2.75) is 112 Å². The number of carbonyl (C=O) groups excluding carboxylic acids is 1. The molecule has 0 aromatic heterocycles. The van der Waals surface area contributed by atoms with Crippen LogP contribution in [0.3, 0.4) is 0 Å². The second-order valence-electron chi connectivity index (χ2n) is 14.3. The third kappa shape index (κ3) is 4.78. The molecular weight excluding hydrogens is 414 g/mol. The Labute approximate surface area is 211 Å². The van der Waals surface area contributed by atoms with Gasteiger partial charge in [-0.05, 0) is 122 Å². The molecule has 2 nitrogen and oxygen atoms in total. The number of amides is 1. The first-order valence-electron chi connectivity index (χ1n) is 15.0. The lowest BCUT2D eigenvalue weighted by Crippen LogP contribution is -2.54. The maximum absolute atomic E-state index is 12.0. The lowest BCUT2D eigenvalue weighted by Gasteiger charge is -2.61. The molecule has 1 amide bonds. The monoisotopic (exact) mass is 469 g/mol. The second-order valence-corrected chi connectivity index (χ2v) is 14.3. The van der Waals surface area contributed by atoms with Crippen molar-refractivity contribution in [1.82, 2.24) is 4.90 Å². The van der Waals surface area contributed by atoms with E-state index in [1.54, 1.807) is 0 Å². The fourth-order valence-corrected chi connectivity index (χ4v) is 10.2. The van der Waals surface area contributed by atoms with Gasteiger partial charge in [-0.3, -0.25) is 4.79 Å². The quantitative estimate of drug-likeness (QED) is 0.327. The number of likely N-dealkylation sites (N-methyl/N-ethyl adjacent to an activating group) is 1. The van der Waals surface area contributed by atoms with Gasteiger partial charge in [0.25, 0.3) is 0 Å². The first kappa shape index (κ1) is 26.3. The number of nitrogens with zero attached hydrogens (tertiary/aromatic N) is 1. The first-order chi connectivity index (χ1) is 16.1. The van der Waals surface area contributed by atoms with Crippen LogP contribution in [0.15, 0.2) is 12.7 Å². The SMILES string of the molecule is C=CC(=O)N(C)C[C@H]1CC[C@@]2(C)[C@@H](CC[C@@H]3[C@@H]2CC[C@]2(C)C([C@H](C)CCCC(C)C)CC[C@@H]32)C1.